The third-order valence-corrected chi connectivity index (χ3v) is 6.61. The van der Waals surface area contributed by atoms with Gasteiger partial charge in [-0.05, 0) is 20.8 Å². The van der Waals surface area contributed by atoms with Crippen LogP contribution in [0.1, 0.15) is 20.8 Å². The van der Waals surface area contributed by atoms with Gasteiger partial charge in [0.05, 0.1) is 23.2 Å². The smallest absolute Gasteiger partial charge is 0.246 e. The van der Waals surface area contributed by atoms with Crippen LogP contribution in [-0.4, -0.2) is 78.7 Å². The van der Waals surface area contributed by atoms with Gasteiger partial charge in [-0.3, -0.25) is 14.5 Å². The molecular formula is C16H28N6O3S. The Kier molecular flexibility index (Phi) is 5.94. The molecule has 1 saturated heterocycles. The van der Waals surface area contributed by atoms with Crippen molar-refractivity contribution in [2.45, 2.75) is 25.5 Å². The highest BCUT2D eigenvalue weighted by atomic mass is 32.2. The molecule has 0 spiro atoms. The van der Waals surface area contributed by atoms with Gasteiger partial charge in [0, 0.05) is 39.1 Å². The molecule has 0 bridgehead atoms. The molecule has 1 fully saturated rings. The van der Waals surface area contributed by atoms with Crippen molar-refractivity contribution in [2.75, 3.05) is 43.9 Å². The molecule has 0 atom stereocenters. The second-order valence-electron chi connectivity index (χ2n) is 7.04. The molecule has 26 heavy (non-hydrogen) atoms. The van der Waals surface area contributed by atoms with E-state index in [0.29, 0.717) is 25.6 Å². The Morgan fingerprint density at radius 3 is 2.58 bits per heavy atom. The molecule has 0 radical (unpaired) electrons. The number of aliphatic imine (C=N–C) groups is 1. The minimum absolute atomic E-state index is 0.0442. The maximum Gasteiger partial charge on any atom is 0.246 e. The first-order valence-electron chi connectivity index (χ1n) is 8.57. The first kappa shape index (κ1) is 20.2. The number of amides is 1. The lowest BCUT2D eigenvalue weighted by Crippen LogP contribution is -2.55. The maximum absolute atomic E-state index is 12.6. The number of rotatable bonds is 5. The number of anilines is 1. The zero-order valence-corrected chi connectivity index (χ0v) is 16.9. The van der Waals surface area contributed by atoms with E-state index in [-0.39, 0.29) is 19.0 Å². The van der Waals surface area contributed by atoms with Gasteiger partial charge < -0.3 is 15.1 Å². The Hall–Kier alpha value is -2.10. The number of nitrogens with zero attached hydrogens (tertiary/aromatic N) is 5. The van der Waals surface area contributed by atoms with Crippen LogP contribution in [0.15, 0.2) is 17.4 Å². The zero-order valence-electron chi connectivity index (χ0n) is 16.1. The van der Waals surface area contributed by atoms with E-state index in [0.717, 1.165) is 5.69 Å². The molecule has 10 heteroatoms. The first-order chi connectivity index (χ1) is 12.0. The summed E-state index contributed by atoms with van der Waals surface area (Å²) in [7, 11) is -1.43. The molecule has 2 rings (SSSR count). The first-order valence-corrected chi connectivity index (χ1v) is 10.5. The number of guanidine groups is 1. The number of hydrogen-bond acceptors (Lipinski definition) is 5. The van der Waals surface area contributed by atoms with E-state index in [1.165, 1.54) is 6.26 Å². The predicted octanol–water partition coefficient (Wildman–Crippen LogP) is -0.143. The van der Waals surface area contributed by atoms with Crippen molar-refractivity contribution in [3.63, 3.8) is 0 Å². The molecule has 0 saturated carbocycles. The van der Waals surface area contributed by atoms with E-state index in [1.807, 2.05) is 25.1 Å². The molecule has 1 aromatic heterocycles. The summed E-state index contributed by atoms with van der Waals surface area (Å²) in [5, 5.41) is 7.26. The van der Waals surface area contributed by atoms with Gasteiger partial charge in [-0.15, -0.1) is 0 Å². The summed E-state index contributed by atoms with van der Waals surface area (Å²) in [5.74, 6) is 0.514. The van der Waals surface area contributed by atoms with Gasteiger partial charge in [-0.25, -0.2) is 8.42 Å². The molecule has 2 heterocycles. The number of nitrogens with one attached hydrogen (secondary N) is 1. The quantitative estimate of drug-likeness (QED) is 0.560. The normalized spacial score (nSPS) is 17.0. The van der Waals surface area contributed by atoms with E-state index in [4.69, 9.17) is 0 Å². The van der Waals surface area contributed by atoms with Crippen molar-refractivity contribution in [3.8, 4) is 0 Å². The Labute approximate surface area is 155 Å². The molecule has 0 unspecified atom stereocenters. The van der Waals surface area contributed by atoms with Gasteiger partial charge in [0.1, 0.15) is 6.54 Å². The standard InChI is InChI=1S/C16H28N6O3S/c1-6-17-15(18-12-16(2,3)26(5,24)25)21-7-8-22(14(23)11-21)13-9-19-20(4)10-13/h9-10H,6-8,11-12H2,1-5H3,(H,17,18). The van der Waals surface area contributed by atoms with Gasteiger partial charge >= 0.3 is 0 Å². The molecular weight excluding hydrogens is 356 g/mol. The van der Waals surface area contributed by atoms with Crippen LogP contribution in [-0.2, 0) is 21.7 Å². The Morgan fingerprint density at radius 1 is 1.38 bits per heavy atom. The summed E-state index contributed by atoms with van der Waals surface area (Å²) < 4.78 is 24.5. The SMILES string of the molecule is CCNC(=NCC(C)(C)S(C)(=O)=O)N1CCN(c2cnn(C)c2)C(=O)C1. The van der Waals surface area contributed by atoms with Gasteiger partial charge in [-0.2, -0.15) is 5.10 Å². The van der Waals surface area contributed by atoms with Crippen molar-refractivity contribution < 1.29 is 13.2 Å². The molecule has 1 aliphatic heterocycles. The zero-order chi connectivity index (χ0) is 19.5. The largest absolute Gasteiger partial charge is 0.357 e. The molecule has 1 aromatic rings. The molecule has 146 valence electrons. The Balaban J connectivity index is 2.12. The topological polar surface area (TPSA) is 99.9 Å². The molecule has 0 aromatic carbocycles. The average Bonchev–Trinajstić information content (AvgIpc) is 2.96. The molecule has 1 N–H and O–H groups in total. The highest BCUT2D eigenvalue weighted by Gasteiger charge is 2.31. The van der Waals surface area contributed by atoms with Gasteiger partial charge in [0.25, 0.3) is 0 Å². The van der Waals surface area contributed by atoms with E-state index >= 15 is 0 Å². The number of piperazine rings is 1. The van der Waals surface area contributed by atoms with Crippen molar-refractivity contribution in [1.29, 1.82) is 0 Å². The molecule has 1 aliphatic rings. The third-order valence-electron chi connectivity index (χ3n) is 4.47. The minimum Gasteiger partial charge on any atom is -0.357 e. The fourth-order valence-electron chi connectivity index (χ4n) is 2.48. The van der Waals surface area contributed by atoms with Crippen LogP contribution in [0.4, 0.5) is 5.69 Å². The molecule has 9 nitrogen and oxygen atoms in total. The fraction of sp³-hybridized carbons (Fsp3) is 0.688. The maximum atomic E-state index is 12.6. The number of aryl methyl sites for hydroxylation is 1. The number of carbonyl (C=O) groups excluding carboxylic acids is 1. The fourth-order valence-corrected chi connectivity index (χ4v) is 2.78. The van der Waals surface area contributed by atoms with Crippen molar-refractivity contribution in [2.24, 2.45) is 12.0 Å². The number of aromatic nitrogens is 2. The average molecular weight is 385 g/mol. The Morgan fingerprint density at radius 2 is 2.08 bits per heavy atom. The van der Waals surface area contributed by atoms with Crippen LogP contribution in [0, 0.1) is 0 Å². The van der Waals surface area contributed by atoms with Crippen LogP contribution in [0.25, 0.3) is 0 Å². The van der Waals surface area contributed by atoms with Gasteiger partial charge in [0.2, 0.25) is 5.91 Å². The number of sulfone groups is 1. The van der Waals surface area contributed by atoms with E-state index < -0.39 is 14.6 Å². The second-order valence-corrected chi connectivity index (χ2v) is 9.69. The highest BCUT2D eigenvalue weighted by Crippen LogP contribution is 2.18. The monoisotopic (exact) mass is 384 g/mol. The van der Waals surface area contributed by atoms with Gasteiger partial charge in [-0.1, -0.05) is 0 Å². The summed E-state index contributed by atoms with van der Waals surface area (Å²) >= 11 is 0. The summed E-state index contributed by atoms with van der Waals surface area (Å²) in [4.78, 5) is 20.6. The van der Waals surface area contributed by atoms with Crippen molar-refractivity contribution in [1.82, 2.24) is 20.0 Å². The van der Waals surface area contributed by atoms with E-state index in [1.54, 1.807) is 29.6 Å². The summed E-state index contributed by atoms with van der Waals surface area (Å²) in [5.41, 5.74) is 0.775. The number of hydrogen-bond donors (Lipinski definition) is 1. The lowest BCUT2D eigenvalue weighted by molar-refractivity contribution is -0.120. The molecule has 0 aliphatic carbocycles. The second kappa shape index (κ2) is 7.65. The van der Waals surface area contributed by atoms with E-state index in [9.17, 15) is 13.2 Å². The lowest BCUT2D eigenvalue weighted by Gasteiger charge is -2.35. The van der Waals surface area contributed by atoms with Crippen LogP contribution in [0.3, 0.4) is 0 Å². The van der Waals surface area contributed by atoms with Gasteiger partial charge in [0.15, 0.2) is 15.8 Å². The number of carbonyl (C=O) groups is 1. The van der Waals surface area contributed by atoms with E-state index in [2.05, 4.69) is 15.4 Å². The van der Waals surface area contributed by atoms with Crippen LogP contribution < -0.4 is 10.2 Å². The molecule has 1 amide bonds. The van der Waals surface area contributed by atoms with Crippen LogP contribution >= 0.6 is 0 Å². The summed E-state index contributed by atoms with van der Waals surface area (Å²) in [6, 6.07) is 0. The Bertz CT molecular complexity index is 784. The van der Waals surface area contributed by atoms with Crippen LogP contribution in [0.5, 0.6) is 0 Å². The summed E-state index contributed by atoms with van der Waals surface area (Å²) in [6.45, 7) is 7.31. The highest BCUT2D eigenvalue weighted by molar-refractivity contribution is 7.92. The lowest BCUT2D eigenvalue weighted by atomic mass is 10.2. The summed E-state index contributed by atoms with van der Waals surface area (Å²) in [6.07, 6.45) is 4.69. The van der Waals surface area contributed by atoms with Crippen molar-refractivity contribution in [3.05, 3.63) is 12.4 Å². The predicted molar refractivity (Wildman–Crippen MR) is 102 cm³/mol. The third kappa shape index (κ3) is 4.54. The van der Waals surface area contributed by atoms with Crippen molar-refractivity contribution >= 4 is 27.4 Å². The van der Waals surface area contributed by atoms with Crippen LogP contribution in [0.2, 0.25) is 0 Å². The minimum atomic E-state index is -3.23.